The van der Waals surface area contributed by atoms with E-state index in [1.807, 2.05) is 38.1 Å². The molecule has 1 aromatic carbocycles. The Bertz CT molecular complexity index is 965. The van der Waals surface area contributed by atoms with Crippen LogP contribution < -0.4 is 10.1 Å². The van der Waals surface area contributed by atoms with Crippen LogP contribution in [0.2, 0.25) is 5.02 Å². The molecule has 2 aliphatic heterocycles. The van der Waals surface area contributed by atoms with Gasteiger partial charge in [0, 0.05) is 40.5 Å². The number of aryl methyl sites for hydroxylation is 1. The minimum atomic E-state index is -0.0711. The van der Waals surface area contributed by atoms with Crippen molar-refractivity contribution in [3.8, 4) is 5.75 Å². The number of hydrogen-bond acceptors (Lipinski definition) is 6. The van der Waals surface area contributed by atoms with Gasteiger partial charge >= 0.3 is 0 Å². The number of nitrogens with zero attached hydrogens (tertiary/aromatic N) is 1. The number of aliphatic hydroxyl groups excluding tert-OH is 1. The maximum absolute atomic E-state index is 9.57. The third-order valence-corrected chi connectivity index (χ3v) is 6.87. The molecule has 0 radical (unpaired) electrons. The van der Waals surface area contributed by atoms with Crippen molar-refractivity contribution in [3.05, 3.63) is 50.2 Å². The molecule has 1 unspecified atom stereocenters. The highest BCUT2D eigenvalue weighted by molar-refractivity contribution is 7.13. The van der Waals surface area contributed by atoms with Gasteiger partial charge in [-0.2, -0.15) is 0 Å². The molecule has 4 rings (SSSR count). The van der Waals surface area contributed by atoms with Gasteiger partial charge in [0.15, 0.2) is 0 Å². The van der Waals surface area contributed by atoms with Gasteiger partial charge in [0.2, 0.25) is 0 Å². The topological polar surface area (TPSA) is 63.1 Å². The second-order valence-electron chi connectivity index (χ2n) is 7.59. The molecule has 0 saturated carbocycles. The number of rotatable bonds is 6. The molecule has 2 aromatic rings. The van der Waals surface area contributed by atoms with E-state index in [0.717, 1.165) is 57.4 Å². The molecule has 0 amide bonds. The summed E-state index contributed by atoms with van der Waals surface area (Å²) in [7, 11) is 0. The molecular weight excluding hydrogens is 408 g/mol. The Morgan fingerprint density at radius 1 is 1.48 bits per heavy atom. The Balaban J connectivity index is 1.72. The molecule has 1 spiro atoms. The number of hydrogen-bond donors (Lipinski definition) is 2. The fraction of sp³-hybridized carbons (Fsp3) is 0.409. The van der Waals surface area contributed by atoms with Crippen LogP contribution in [0.5, 0.6) is 5.75 Å². The van der Waals surface area contributed by atoms with E-state index >= 15 is 0 Å². The summed E-state index contributed by atoms with van der Waals surface area (Å²) in [6, 6.07) is 5.72. The lowest BCUT2D eigenvalue weighted by molar-refractivity contribution is -0.0368. The number of aliphatic hydroxyl groups is 1. The largest absolute Gasteiger partial charge is 0.487 e. The normalized spacial score (nSPS) is 20.7. The lowest BCUT2D eigenvalue weighted by Gasteiger charge is -2.37. The standard InChI is InChI=1S/C22H25ClN2O3S/c1-4-17(21-19(24-3)7-16(9-26)29-21)18-6-14(23)5-13(2)20(18)28-15-8-22(27-10-15)11-25-12-22/h4-7,15,25-26H,3,8-12H2,1-2H3/b17-4-. The molecule has 29 heavy (non-hydrogen) atoms. The summed E-state index contributed by atoms with van der Waals surface area (Å²) in [5.74, 6) is 0.814. The molecule has 2 N–H and O–H groups in total. The monoisotopic (exact) mass is 432 g/mol. The summed E-state index contributed by atoms with van der Waals surface area (Å²) >= 11 is 7.93. The van der Waals surface area contributed by atoms with Crippen molar-refractivity contribution in [2.24, 2.45) is 4.99 Å². The molecule has 7 heteroatoms. The first-order chi connectivity index (χ1) is 14.0. The molecule has 1 atom stereocenters. The zero-order valence-corrected chi connectivity index (χ0v) is 18.2. The molecule has 2 fully saturated rings. The van der Waals surface area contributed by atoms with Gasteiger partial charge in [-0.1, -0.05) is 17.7 Å². The van der Waals surface area contributed by atoms with Crippen LogP contribution in [0.25, 0.3) is 5.57 Å². The first kappa shape index (κ1) is 20.6. The number of thiophene rings is 1. The van der Waals surface area contributed by atoms with Gasteiger partial charge in [-0.05, 0) is 44.3 Å². The lowest BCUT2D eigenvalue weighted by Crippen LogP contribution is -2.59. The van der Waals surface area contributed by atoms with E-state index < -0.39 is 0 Å². The minimum absolute atomic E-state index is 0.00201. The summed E-state index contributed by atoms with van der Waals surface area (Å²) < 4.78 is 12.5. The van der Waals surface area contributed by atoms with Crippen molar-refractivity contribution >= 4 is 40.9 Å². The number of allylic oxidation sites excluding steroid dienone is 1. The van der Waals surface area contributed by atoms with Gasteiger partial charge in [-0.15, -0.1) is 11.3 Å². The van der Waals surface area contributed by atoms with Crippen LogP contribution in [-0.4, -0.2) is 43.2 Å². The van der Waals surface area contributed by atoms with Crippen molar-refractivity contribution in [2.75, 3.05) is 19.7 Å². The van der Waals surface area contributed by atoms with Crippen LogP contribution in [0, 0.1) is 6.92 Å². The van der Waals surface area contributed by atoms with Crippen LogP contribution >= 0.6 is 22.9 Å². The van der Waals surface area contributed by atoms with E-state index in [9.17, 15) is 5.11 Å². The number of aliphatic imine (C=N–C) groups is 1. The first-order valence-electron chi connectivity index (χ1n) is 9.67. The number of ether oxygens (including phenoxy) is 2. The van der Waals surface area contributed by atoms with Gasteiger partial charge in [0.25, 0.3) is 0 Å². The second-order valence-corrected chi connectivity index (χ2v) is 9.16. The van der Waals surface area contributed by atoms with Crippen LogP contribution in [0.3, 0.4) is 0 Å². The maximum atomic E-state index is 9.57. The quantitative estimate of drug-likeness (QED) is 0.660. The average Bonchev–Trinajstić information content (AvgIpc) is 3.29. The number of halogens is 1. The summed E-state index contributed by atoms with van der Waals surface area (Å²) in [6.07, 6.45) is 2.91. The highest BCUT2D eigenvalue weighted by Crippen LogP contribution is 2.44. The predicted molar refractivity (Wildman–Crippen MR) is 119 cm³/mol. The Labute approximate surface area is 180 Å². The van der Waals surface area contributed by atoms with Crippen LogP contribution in [0.1, 0.15) is 34.2 Å². The fourth-order valence-electron chi connectivity index (χ4n) is 4.01. The smallest absolute Gasteiger partial charge is 0.130 e. The summed E-state index contributed by atoms with van der Waals surface area (Å²) in [6.45, 7) is 10.00. The molecule has 1 aromatic heterocycles. The average molecular weight is 433 g/mol. The van der Waals surface area contributed by atoms with E-state index in [4.69, 9.17) is 21.1 Å². The summed E-state index contributed by atoms with van der Waals surface area (Å²) in [5, 5.41) is 13.5. The van der Waals surface area contributed by atoms with E-state index in [1.54, 1.807) is 0 Å². The van der Waals surface area contributed by atoms with Crippen molar-refractivity contribution in [1.82, 2.24) is 5.32 Å². The predicted octanol–water partition coefficient (Wildman–Crippen LogP) is 4.50. The van der Waals surface area contributed by atoms with Gasteiger partial charge < -0.3 is 19.9 Å². The van der Waals surface area contributed by atoms with Gasteiger partial charge in [-0.3, -0.25) is 4.99 Å². The van der Waals surface area contributed by atoms with E-state index in [0.29, 0.717) is 11.6 Å². The van der Waals surface area contributed by atoms with Crippen LogP contribution in [-0.2, 0) is 11.3 Å². The SMILES string of the molecule is C=Nc1cc(CO)sc1/C(=C\C)c1cc(Cl)cc(C)c1OC1COC2(CNC2)C1. The summed E-state index contributed by atoms with van der Waals surface area (Å²) in [4.78, 5) is 5.94. The second kappa shape index (κ2) is 8.20. The zero-order chi connectivity index (χ0) is 20.6. The Kier molecular flexibility index (Phi) is 5.82. The fourth-order valence-corrected chi connectivity index (χ4v) is 5.35. The Hall–Kier alpha value is -1.70. The molecule has 154 valence electrons. The zero-order valence-electron chi connectivity index (χ0n) is 16.6. The highest BCUT2D eigenvalue weighted by atomic mass is 35.5. The highest BCUT2D eigenvalue weighted by Gasteiger charge is 2.46. The van der Waals surface area contributed by atoms with Crippen LogP contribution in [0.15, 0.2) is 29.3 Å². The third-order valence-electron chi connectivity index (χ3n) is 5.51. The molecule has 2 aliphatic rings. The molecule has 2 saturated heterocycles. The van der Waals surface area contributed by atoms with Crippen molar-refractivity contribution in [2.45, 2.75) is 38.6 Å². The molecule has 0 aliphatic carbocycles. The molecule has 5 nitrogen and oxygen atoms in total. The third kappa shape index (κ3) is 3.88. The lowest BCUT2D eigenvalue weighted by atomic mass is 9.92. The van der Waals surface area contributed by atoms with E-state index in [2.05, 4.69) is 17.0 Å². The maximum Gasteiger partial charge on any atom is 0.130 e. The van der Waals surface area contributed by atoms with Crippen molar-refractivity contribution < 1.29 is 14.6 Å². The summed E-state index contributed by atoms with van der Waals surface area (Å²) in [5.41, 5.74) is 3.54. The molecule has 0 bridgehead atoms. The number of nitrogens with one attached hydrogen (secondary N) is 1. The van der Waals surface area contributed by atoms with Gasteiger partial charge in [0.05, 0.1) is 29.4 Å². The van der Waals surface area contributed by atoms with Crippen molar-refractivity contribution in [3.63, 3.8) is 0 Å². The number of benzene rings is 1. The van der Waals surface area contributed by atoms with E-state index in [1.165, 1.54) is 11.3 Å². The Morgan fingerprint density at radius 3 is 2.86 bits per heavy atom. The first-order valence-corrected chi connectivity index (χ1v) is 10.9. The van der Waals surface area contributed by atoms with Gasteiger partial charge in [-0.25, -0.2) is 0 Å². The Morgan fingerprint density at radius 2 is 2.28 bits per heavy atom. The van der Waals surface area contributed by atoms with Gasteiger partial charge in [0.1, 0.15) is 11.9 Å². The molecule has 3 heterocycles. The minimum Gasteiger partial charge on any atom is -0.487 e. The molecular formula is C22H25ClN2O3S. The van der Waals surface area contributed by atoms with E-state index in [-0.39, 0.29) is 18.3 Å². The van der Waals surface area contributed by atoms with Crippen molar-refractivity contribution in [1.29, 1.82) is 0 Å². The van der Waals surface area contributed by atoms with Crippen LogP contribution in [0.4, 0.5) is 5.69 Å².